The van der Waals surface area contributed by atoms with Crippen molar-refractivity contribution in [1.82, 2.24) is 5.32 Å². The van der Waals surface area contributed by atoms with Gasteiger partial charge in [-0.15, -0.1) is 0 Å². The minimum atomic E-state index is -0.530. The highest BCUT2D eigenvalue weighted by atomic mass is 16.6. The van der Waals surface area contributed by atoms with Crippen LogP contribution in [-0.2, 0) is 4.74 Å². The van der Waals surface area contributed by atoms with Crippen LogP contribution in [0.25, 0.3) is 0 Å². The summed E-state index contributed by atoms with van der Waals surface area (Å²) in [6.07, 6.45) is 0.0780. The van der Waals surface area contributed by atoms with E-state index < -0.39 is 11.7 Å². The zero-order valence-corrected chi connectivity index (χ0v) is 10.6. The third-order valence-corrected chi connectivity index (χ3v) is 1.67. The molecule has 18 heavy (non-hydrogen) atoms. The molecule has 0 saturated heterocycles. The van der Waals surface area contributed by atoms with Crippen LogP contribution >= 0.6 is 0 Å². The van der Waals surface area contributed by atoms with Crippen molar-refractivity contribution in [3.8, 4) is 11.8 Å². The SMILES string of the molecule is CC(C)(C)OC(=O)NCC#Cc1ccc(C=O)o1. The molecule has 1 amide bonds. The van der Waals surface area contributed by atoms with Crippen LogP contribution in [0.15, 0.2) is 16.5 Å². The summed E-state index contributed by atoms with van der Waals surface area (Å²) in [6, 6.07) is 3.11. The lowest BCUT2D eigenvalue weighted by Gasteiger charge is -2.18. The summed E-state index contributed by atoms with van der Waals surface area (Å²) in [5.74, 6) is 5.96. The molecule has 0 unspecified atom stereocenters. The Hall–Kier alpha value is -2.22. The van der Waals surface area contributed by atoms with Crippen LogP contribution in [0.4, 0.5) is 4.79 Å². The maximum atomic E-state index is 11.2. The fourth-order valence-corrected chi connectivity index (χ4v) is 1.05. The Kier molecular flexibility index (Phi) is 4.55. The Balaban J connectivity index is 2.38. The Morgan fingerprint density at radius 1 is 1.50 bits per heavy atom. The number of hydrogen-bond acceptors (Lipinski definition) is 4. The molecule has 1 heterocycles. The standard InChI is InChI=1S/C13H15NO4/c1-13(2,3)18-12(16)14-8-4-5-10-6-7-11(9-15)17-10/h6-7,9H,8H2,1-3H3,(H,14,16). The van der Waals surface area contributed by atoms with Crippen molar-refractivity contribution in [2.75, 3.05) is 6.54 Å². The molecule has 0 saturated carbocycles. The first-order valence-corrected chi connectivity index (χ1v) is 5.41. The first-order chi connectivity index (χ1) is 8.40. The highest BCUT2D eigenvalue weighted by Crippen LogP contribution is 2.06. The fraction of sp³-hybridized carbons (Fsp3) is 0.385. The van der Waals surface area contributed by atoms with Gasteiger partial charge in [-0.25, -0.2) is 4.79 Å². The van der Waals surface area contributed by atoms with Crippen LogP contribution in [0.2, 0.25) is 0 Å². The van der Waals surface area contributed by atoms with Gasteiger partial charge in [0.1, 0.15) is 5.60 Å². The Morgan fingerprint density at radius 2 is 2.22 bits per heavy atom. The van der Waals surface area contributed by atoms with Crippen molar-refractivity contribution in [2.45, 2.75) is 26.4 Å². The molecule has 0 bridgehead atoms. The molecule has 0 fully saturated rings. The average molecular weight is 249 g/mol. The lowest BCUT2D eigenvalue weighted by molar-refractivity contribution is 0.0535. The van der Waals surface area contributed by atoms with Gasteiger partial charge >= 0.3 is 6.09 Å². The molecule has 5 heteroatoms. The lowest BCUT2D eigenvalue weighted by Crippen LogP contribution is -2.32. The van der Waals surface area contributed by atoms with Crippen molar-refractivity contribution in [3.05, 3.63) is 23.7 Å². The topological polar surface area (TPSA) is 68.5 Å². The van der Waals surface area contributed by atoms with Crippen LogP contribution in [0.3, 0.4) is 0 Å². The molecule has 0 spiro atoms. The normalized spacial score (nSPS) is 10.2. The summed E-state index contributed by atoms with van der Waals surface area (Å²) < 4.78 is 10.1. The van der Waals surface area contributed by atoms with E-state index in [0.29, 0.717) is 12.0 Å². The third kappa shape index (κ3) is 5.21. The molecular weight excluding hydrogens is 234 g/mol. The van der Waals surface area contributed by atoms with E-state index in [2.05, 4.69) is 17.2 Å². The third-order valence-electron chi connectivity index (χ3n) is 1.67. The minimum Gasteiger partial charge on any atom is -0.445 e. The number of carbonyl (C=O) groups is 2. The van der Waals surface area contributed by atoms with Crippen molar-refractivity contribution >= 4 is 12.4 Å². The molecule has 0 aliphatic carbocycles. The van der Waals surface area contributed by atoms with E-state index in [4.69, 9.17) is 9.15 Å². The molecular formula is C13H15NO4. The lowest BCUT2D eigenvalue weighted by atomic mass is 10.2. The van der Waals surface area contributed by atoms with Crippen molar-refractivity contribution in [1.29, 1.82) is 0 Å². The zero-order valence-electron chi connectivity index (χ0n) is 10.6. The van der Waals surface area contributed by atoms with Crippen LogP contribution in [0.1, 0.15) is 37.1 Å². The van der Waals surface area contributed by atoms with Crippen LogP contribution < -0.4 is 5.32 Å². The molecule has 0 atom stereocenters. The Morgan fingerprint density at radius 3 is 2.78 bits per heavy atom. The maximum Gasteiger partial charge on any atom is 0.408 e. The molecule has 0 aromatic carbocycles. The van der Waals surface area contributed by atoms with E-state index in [1.54, 1.807) is 26.8 Å². The molecule has 96 valence electrons. The van der Waals surface area contributed by atoms with E-state index >= 15 is 0 Å². The molecule has 1 aromatic heterocycles. The summed E-state index contributed by atoms with van der Waals surface area (Å²) in [4.78, 5) is 21.6. The highest BCUT2D eigenvalue weighted by Gasteiger charge is 2.14. The average Bonchev–Trinajstić information content (AvgIpc) is 2.70. The molecule has 0 aliphatic heterocycles. The zero-order chi connectivity index (χ0) is 13.6. The van der Waals surface area contributed by atoms with Gasteiger partial charge in [-0.1, -0.05) is 5.92 Å². The number of aldehydes is 1. The summed E-state index contributed by atoms with van der Waals surface area (Å²) in [7, 11) is 0. The fourth-order valence-electron chi connectivity index (χ4n) is 1.05. The van der Waals surface area contributed by atoms with Gasteiger partial charge in [0.2, 0.25) is 0 Å². The number of amides is 1. The molecule has 5 nitrogen and oxygen atoms in total. The summed E-state index contributed by atoms with van der Waals surface area (Å²) in [5.41, 5.74) is -0.530. The van der Waals surface area contributed by atoms with Gasteiger partial charge in [-0.2, -0.15) is 0 Å². The number of alkyl carbamates (subject to hydrolysis) is 1. The van der Waals surface area contributed by atoms with E-state index in [-0.39, 0.29) is 12.3 Å². The van der Waals surface area contributed by atoms with Crippen molar-refractivity contribution < 1.29 is 18.7 Å². The van der Waals surface area contributed by atoms with Crippen molar-refractivity contribution in [2.24, 2.45) is 0 Å². The van der Waals surface area contributed by atoms with Gasteiger partial charge in [0.15, 0.2) is 17.8 Å². The number of carbonyl (C=O) groups excluding carboxylic acids is 2. The second-order valence-electron chi connectivity index (χ2n) is 4.48. The van der Waals surface area contributed by atoms with Gasteiger partial charge in [-0.3, -0.25) is 4.79 Å². The van der Waals surface area contributed by atoms with E-state index in [0.717, 1.165) is 0 Å². The van der Waals surface area contributed by atoms with Crippen LogP contribution in [0, 0.1) is 11.8 Å². The second kappa shape index (κ2) is 5.92. The van der Waals surface area contributed by atoms with Crippen molar-refractivity contribution in [3.63, 3.8) is 0 Å². The number of rotatable bonds is 2. The van der Waals surface area contributed by atoms with Gasteiger partial charge < -0.3 is 14.5 Å². The van der Waals surface area contributed by atoms with Crippen LogP contribution in [-0.4, -0.2) is 24.5 Å². The van der Waals surface area contributed by atoms with Gasteiger partial charge in [0.25, 0.3) is 0 Å². The molecule has 1 aromatic rings. The molecule has 0 aliphatic rings. The number of ether oxygens (including phenoxy) is 1. The van der Waals surface area contributed by atoms with Gasteiger partial charge in [-0.05, 0) is 38.8 Å². The predicted molar refractivity (Wildman–Crippen MR) is 65.2 cm³/mol. The predicted octanol–water partition coefficient (Wildman–Crippen LogP) is 1.97. The smallest absolute Gasteiger partial charge is 0.408 e. The first-order valence-electron chi connectivity index (χ1n) is 5.41. The summed E-state index contributed by atoms with van der Waals surface area (Å²) in [6.45, 7) is 5.48. The quantitative estimate of drug-likeness (QED) is 0.642. The summed E-state index contributed by atoms with van der Waals surface area (Å²) in [5, 5.41) is 2.48. The van der Waals surface area contributed by atoms with E-state index in [9.17, 15) is 9.59 Å². The Labute approximate surface area is 105 Å². The monoisotopic (exact) mass is 249 g/mol. The largest absolute Gasteiger partial charge is 0.445 e. The van der Waals surface area contributed by atoms with Crippen LogP contribution in [0.5, 0.6) is 0 Å². The van der Waals surface area contributed by atoms with Gasteiger partial charge in [0.05, 0.1) is 6.54 Å². The number of nitrogens with one attached hydrogen (secondary N) is 1. The highest BCUT2D eigenvalue weighted by molar-refractivity contribution is 5.70. The van der Waals surface area contributed by atoms with E-state index in [1.165, 1.54) is 6.07 Å². The van der Waals surface area contributed by atoms with Gasteiger partial charge in [0, 0.05) is 0 Å². The maximum absolute atomic E-state index is 11.2. The molecule has 1 N–H and O–H groups in total. The number of hydrogen-bond donors (Lipinski definition) is 1. The summed E-state index contributed by atoms with van der Waals surface area (Å²) >= 11 is 0. The number of furan rings is 1. The molecule has 1 rings (SSSR count). The second-order valence-corrected chi connectivity index (χ2v) is 4.48. The Bertz CT molecular complexity index is 485. The molecule has 0 radical (unpaired) electrons. The minimum absolute atomic E-state index is 0.145. The first kappa shape index (κ1) is 13.8. The van der Waals surface area contributed by atoms with E-state index in [1.807, 2.05) is 0 Å².